The Morgan fingerprint density at radius 2 is 1.71 bits per heavy atom. The normalized spacial score (nSPS) is 14.1. The summed E-state index contributed by atoms with van der Waals surface area (Å²) >= 11 is 1.16. The number of aryl methyl sites for hydroxylation is 1. The molecule has 0 unspecified atom stereocenters. The van der Waals surface area contributed by atoms with Crippen molar-refractivity contribution in [3.8, 4) is 0 Å². The SMILES string of the molecule is Cc1cccc(NC(=O)N2CCN(C(=O)CSc3ccc(F)c(F)c3)CC2)c1. The second-order valence-corrected chi connectivity index (χ2v) is 7.58. The van der Waals surface area contributed by atoms with Gasteiger partial charge in [0.05, 0.1) is 5.75 Å². The first kappa shape index (κ1) is 20.1. The molecule has 0 spiro atoms. The highest BCUT2D eigenvalue weighted by Gasteiger charge is 2.24. The largest absolute Gasteiger partial charge is 0.338 e. The van der Waals surface area contributed by atoms with Gasteiger partial charge in [-0.1, -0.05) is 12.1 Å². The fraction of sp³-hybridized carbons (Fsp3) is 0.300. The van der Waals surface area contributed by atoms with Crippen molar-refractivity contribution in [1.82, 2.24) is 9.80 Å². The third-order valence-corrected chi connectivity index (χ3v) is 5.42. The van der Waals surface area contributed by atoms with Gasteiger partial charge in [0.25, 0.3) is 0 Å². The second-order valence-electron chi connectivity index (χ2n) is 6.53. The van der Waals surface area contributed by atoms with Crippen molar-refractivity contribution < 1.29 is 18.4 Å². The molecule has 0 radical (unpaired) electrons. The number of amides is 3. The molecule has 5 nitrogen and oxygen atoms in total. The van der Waals surface area contributed by atoms with E-state index in [0.717, 1.165) is 35.1 Å². The smallest absolute Gasteiger partial charge is 0.321 e. The standard InChI is InChI=1S/C20H21F2N3O2S/c1-14-3-2-4-15(11-14)23-20(27)25-9-7-24(8-10-25)19(26)13-28-16-5-6-17(21)18(22)12-16/h2-6,11-12H,7-10,13H2,1H3,(H,23,27). The summed E-state index contributed by atoms with van der Waals surface area (Å²) in [5.41, 5.74) is 1.80. The molecule has 0 aromatic heterocycles. The Kier molecular flexibility index (Phi) is 6.51. The van der Waals surface area contributed by atoms with E-state index >= 15 is 0 Å². The first-order valence-corrected chi connectivity index (χ1v) is 9.89. The van der Waals surface area contributed by atoms with Crippen molar-refractivity contribution >= 4 is 29.4 Å². The number of hydrogen-bond donors (Lipinski definition) is 1. The number of nitrogens with zero attached hydrogens (tertiary/aromatic N) is 2. The fourth-order valence-corrected chi connectivity index (χ4v) is 3.71. The van der Waals surface area contributed by atoms with Gasteiger partial charge in [0, 0.05) is 36.8 Å². The minimum absolute atomic E-state index is 0.0894. The van der Waals surface area contributed by atoms with Crippen molar-refractivity contribution in [2.24, 2.45) is 0 Å². The van der Waals surface area contributed by atoms with Crippen LogP contribution in [0.25, 0.3) is 0 Å². The highest BCUT2D eigenvalue weighted by molar-refractivity contribution is 8.00. The molecule has 28 heavy (non-hydrogen) atoms. The van der Waals surface area contributed by atoms with Crippen molar-refractivity contribution in [2.45, 2.75) is 11.8 Å². The van der Waals surface area contributed by atoms with Crippen LogP contribution < -0.4 is 5.32 Å². The molecule has 2 aromatic rings. The molecule has 8 heteroatoms. The van der Waals surface area contributed by atoms with Crippen LogP contribution in [0.5, 0.6) is 0 Å². The highest BCUT2D eigenvalue weighted by Crippen LogP contribution is 2.21. The molecule has 148 valence electrons. The van der Waals surface area contributed by atoms with Crippen LogP contribution in [-0.4, -0.2) is 53.7 Å². The molecule has 0 bridgehead atoms. The maximum Gasteiger partial charge on any atom is 0.321 e. The van der Waals surface area contributed by atoms with Crippen LogP contribution in [0.2, 0.25) is 0 Å². The number of nitrogens with one attached hydrogen (secondary N) is 1. The molecule has 1 N–H and O–H groups in total. The van der Waals surface area contributed by atoms with Gasteiger partial charge in [-0.3, -0.25) is 4.79 Å². The van der Waals surface area contributed by atoms with Crippen LogP contribution in [0.4, 0.5) is 19.3 Å². The zero-order valence-corrected chi connectivity index (χ0v) is 16.3. The Labute approximate surface area is 166 Å². The molecular formula is C20H21F2N3O2S. The van der Waals surface area contributed by atoms with Crippen molar-refractivity contribution in [2.75, 3.05) is 37.2 Å². The number of thioether (sulfide) groups is 1. The molecule has 0 aliphatic carbocycles. The minimum Gasteiger partial charge on any atom is -0.338 e. The van der Waals surface area contributed by atoms with Crippen LogP contribution in [0.1, 0.15) is 5.56 Å². The monoisotopic (exact) mass is 405 g/mol. The Morgan fingerprint density at radius 1 is 1.00 bits per heavy atom. The molecule has 3 rings (SSSR count). The Balaban J connectivity index is 1.45. The number of carbonyl (C=O) groups excluding carboxylic acids is 2. The van der Waals surface area contributed by atoms with Gasteiger partial charge in [-0.05, 0) is 42.8 Å². The Morgan fingerprint density at radius 3 is 2.39 bits per heavy atom. The summed E-state index contributed by atoms with van der Waals surface area (Å²) in [6, 6.07) is 11.0. The van der Waals surface area contributed by atoms with E-state index in [9.17, 15) is 18.4 Å². The fourth-order valence-electron chi connectivity index (χ4n) is 2.89. The summed E-state index contributed by atoms with van der Waals surface area (Å²) in [6.45, 7) is 3.73. The topological polar surface area (TPSA) is 52.7 Å². The number of carbonyl (C=O) groups is 2. The lowest BCUT2D eigenvalue weighted by atomic mass is 10.2. The average molecular weight is 405 g/mol. The number of hydrogen-bond acceptors (Lipinski definition) is 3. The summed E-state index contributed by atoms with van der Waals surface area (Å²) < 4.78 is 26.2. The first-order chi connectivity index (χ1) is 13.4. The molecule has 3 amide bonds. The first-order valence-electron chi connectivity index (χ1n) is 8.90. The molecular weight excluding hydrogens is 384 g/mol. The Hall–Kier alpha value is -2.61. The average Bonchev–Trinajstić information content (AvgIpc) is 2.69. The van der Waals surface area contributed by atoms with E-state index < -0.39 is 11.6 Å². The predicted octanol–water partition coefficient (Wildman–Crippen LogP) is 3.74. The number of anilines is 1. The highest BCUT2D eigenvalue weighted by atomic mass is 32.2. The number of urea groups is 1. The van der Waals surface area contributed by atoms with Gasteiger partial charge in [0.15, 0.2) is 11.6 Å². The summed E-state index contributed by atoms with van der Waals surface area (Å²) in [5.74, 6) is -1.78. The van der Waals surface area contributed by atoms with Gasteiger partial charge in [-0.2, -0.15) is 0 Å². The second kappa shape index (κ2) is 9.05. The van der Waals surface area contributed by atoms with Crippen LogP contribution in [0.3, 0.4) is 0 Å². The lowest BCUT2D eigenvalue weighted by Crippen LogP contribution is -2.52. The zero-order valence-electron chi connectivity index (χ0n) is 15.5. The lowest BCUT2D eigenvalue weighted by molar-refractivity contribution is -0.129. The third kappa shape index (κ3) is 5.22. The summed E-state index contributed by atoms with van der Waals surface area (Å²) in [5, 5.41) is 2.87. The van der Waals surface area contributed by atoms with E-state index in [0.29, 0.717) is 31.1 Å². The van der Waals surface area contributed by atoms with Crippen LogP contribution in [-0.2, 0) is 4.79 Å². The van der Waals surface area contributed by atoms with Gasteiger partial charge in [0.1, 0.15) is 0 Å². The van der Waals surface area contributed by atoms with Gasteiger partial charge in [-0.25, -0.2) is 13.6 Å². The molecule has 0 atom stereocenters. The van der Waals surface area contributed by atoms with E-state index in [2.05, 4.69) is 5.32 Å². The third-order valence-electron chi connectivity index (χ3n) is 4.44. The molecule has 1 heterocycles. The summed E-state index contributed by atoms with van der Waals surface area (Å²) in [4.78, 5) is 28.6. The van der Waals surface area contributed by atoms with E-state index in [1.54, 1.807) is 9.80 Å². The maximum absolute atomic E-state index is 13.2. The molecule has 2 aromatic carbocycles. The van der Waals surface area contributed by atoms with Crippen LogP contribution >= 0.6 is 11.8 Å². The van der Waals surface area contributed by atoms with Crippen molar-refractivity contribution in [3.63, 3.8) is 0 Å². The van der Waals surface area contributed by atoms with Gasteiger partial charge < -0.3 is 15.1 Å². The van der Waals surface area contributed by atoms with Crippen LogP contribution in [0, 0.1) is 18.6 Å². The molecule has 1 aliphatic heterocycles. The van der Waals surface area contributed by atoms with Crippen LogP contribution in [0.15, 0.2) is 47.4 Å². The van der Waals surface area contributed by atoms with Gasteiger partial charge in [0.2, 0.25) is 5.91 Å². The van der Waals surface area contributed by atoms with Crippen molar-refractivity contribution in [3.05, 3.63) is 59.7 Å². The number of benzene rings is 2. The molecule has 1 aliphatic rings. The van der Waals surface area contributed by atoms with E-state index in [1.165, 1.54) is 6.07 Å². The minimum atomic E-state index is -0.925. The summed E-state index contributed by atoms with van der Waals surface area (Å²) in [7, 11) is 0. The van der Waals surface area contributed by atoms with Gasteiger partial charge in [-0.15, -0.1) is 11.8 Å². The lowest BCUT2D eigenvalue weighted by Gasteiger charge is -2.34. The van der Waals surface area contributed by atoms with Gasteiger partial charge >= 0.3 is 6.03 Å². The van der Waals surface area contributed by atoms with Crippen molar-refractivity contribution in [1.29, 1.82) is 0 Å². The maximum atomic E-state index is 13.2. The quantitative estimate of drug-likeness (QED) is 0.789. The zero-order chi connectivity index (χ0) is 20.1. The Bertz CT molecular complexity index is 870. The molecule has 1 saturated heterocycles. The number of halogens is 2. The summed E-state index contributed by atoms with van der Waals surface area (Å²) in [6.07, 6.45) is 0. The van der Waals surface area contributed by atoms with E-state index in [1.807, 2.05) is 31.2 Å². The number of piperazine rings is 1. The van der Waals surface area contributed by atoms with E-state index in [4.69, 9.17) is 0 Å². The van der Waals surface area contributed by atoms with E-state index in [-0.39, 0.29) is 17.7 Å². The molecule has 0 saturated carbocycles. The molecule has 1 fully saturated rings. The predicted molar refractivity (Wildman–Crippen MR) is 105 cm³/mol. The number of rotatable bonds is 4.